The summed E-state index contributed by atoms with van der Waals surface area (Å²) in [5.41, 5.74) is 26.7. The molecule has 8 aromatic rings. The van der Waals surface area contributed by atoms with Gasteiger partial charge in [0.05, 0.1) is 0 Å². The zero-order chi connectivity index (χ0) is 49.9. The van der Waals surface area contributed by atoms with E-state index in [1.165, 1.54) is 112 Å². The van der Waals surface area contributed by atoms with Crippen LogP contribution in [0.3, 0.4) is 0 Å². The molecule has 0 unspecified atom stereocenters. The number of rotatable bonds is 8. The Bertz CT molecular complexity index is 3210. The Morgan fingerprint density at radius 2 is 0.771 bits per heavy atom. The third-order valence-electron chi connectivity index (χ3n) is 15.2. The maximum Gasteiger partial charge on any atom is 0.0496 e. The Morgan fingerprint density at radius 1 is 0.371 bits per heavy atom. The number of nitrogens with zero attached hydrogens (tertiary/aromatic N) is 2. The molecule has 0 saturated heterocycles. The van der Waals surface area contributed by atoms with E-state index in [9.17, 15) is 0 Å². The third-order valence-corrected chi connectivity index (χ3v) is 15.2. The van der Waals surface area contributed by atoms with Crippen molar-refractivity contribution in [1.29, 1.82) is 0 Å². The Hall–Kier alpha value is -6.64. The highest BCUT2D eigenvalue weighted by Crippen LogP contribution is 2.57. The maximum absolute atomic E-state index is 2.66. The van der Waals surface area contributed by atoms with Gasteiger partial charge in [-0.25, -0.2) is 0 Å². The van der Waals surface area contributed by atoms with Gasteiger partial charge >= 0.3 is 0 Å². The molecular weight excluding hydrogens is 845 g/mol. The third kappa shape index (κ3) is 8.38. The van der Waals surface area contributed by atoms with Crippen LogP contribution in [0.1, 0.15) is 128 Å². The van der Waals surface area contributed by atoms with E-state index in [1.54, 1.807) is 0 Å². The molecule has 356 valence electrons. The minimum absolute atomic E-state index is 0.0677. The van der Waals surface area contributed by atoms with Crippen LogP contribution in [0.5, 0.6) is 0 Å². The average molecular weight is 919 g/mol. The number of hydrogen-bond donors (Lipinski definition) is 0. The molecule has 2 heteroatoms. The fourth-order valence-corrected chi connectivity index (χ4v) is 11.8. The molecule has 0 bridgehead atoms. The van der Waals surface area contributed by atoms with Crippen LogP contribution in [-0.2, 0) is 23.7 Å². The van der Waals surface area contributed by atoms with Crippen molar-refractivity contribution in [3.05, 3.63) is 214 Å². The van der Waals surface area contributed by atoms with Gasteiger partial charge in [-0.1, -0.05) is 199 Å². The molecule has 0 saturated carbocycles. The van der Waals surface area contributed by atoms with Gasteiger partial charge in [0.1, 0.15) is 0 Å². The van der Waals surface area contributed by atoms with E-state index in [0.717, 1.165) is 12.8 Å². The molecule has 8 aromatic carbocycles. The summed E-state index contributed by atoms with van der Waals surface area (Å²) in [6, 6.07) is 62.7. The molecule has 0 N–H and O–H groups in total. The van der Waals surface area contributed by atoms with Crippen LogP contribution in [0.25, 0.3) is 44.5 Å². The first-order valence-corrected chi connectivity index (χ1v) is 25.7. The molecule has 70 heavy (non-hydrogen) atoms. The molecule has 0 atom stereocenters. The quantitative estimate of drug-likeness (QED) is 0.150. The smallest absolute Gasteiger partial charge is 0.0496 e. The van der Waals surface area contributed by atoms with Crippen molar-refractivity contribution in [3.63, 3.8) is 0 Å². The lowest BCUT2D eigenvalue weighted by Gasteiger charge is -2.43. The van der Waals surface area contributed by atoms with Crippen molar-refractivity contribution < 1.29 is 0 Å². The molecule has 0 heterocycles. The highest BCUT2D eigenvalue weighted by atomic mass is 15.2. The Balaban J connectivity index is 0.000000174. The predicted octanol–water partition coefficient (Wildman–Crippen LogP) is 18.9. The van der Waals surface area contributed by atoms with Crippen molar-refractivity contribution in [2.75, 3.05) is 9.80 Å². The zero-order valence-corrected chi connectivity index (χ0v) is 44.5. The first-order chi connectivity index (χ1) is 33.3. The first kappa shape index (κ1) is 48.4. The number of aryl methyl sites for hydroxylation is 4. The predicted molar refractivity (Wildman–Crippen MR) is 304 cm³/mol. The van der Waals surface area contributed by atoms with Crippen molar-refractivity contribution in [2.24, 2.45) is 0 Å². The summed E-state index contributed by atoms with van der Waals surface area (Å²) in [5.74, 6) is 0. The van der Waals surface area contributed by atoms with Gasteiger partial charge in [0.15, 0.2) is 0 Å². The van der Waals surface area contributed by atoms with Gasteiger partial charge in [0.2, 0.25) is 0 Å². The van der Waals surface area contributed by atoms with E-state index in [4.69, 9.17) is 0 Å². The number of benzene rings is 8. The normalized spacial score (nSPS) is 13.9. The van der Waals surface area contributed by atoms with Gasteiger partial charge in [0, 0.05) is 44.7 Å². The minimum atomic E-state index is -0.108. The molecule has 0 aliphatic heterocycles. The van der Waals surface area contributed by atoms with Crippen LogP contribution < -0.4 is 9.80 Å². The van der Waals surface area contributed by atoms with Crippen molar-refractivity contribution >= 4 is 22.7 Å². The SMILES string of the molecule is CCc1ccc(-c2ccccc2)cc1N(c1c(CC)ccc2c1C(C)(C)c1ccccc1-2)C(C)(C)C.Cc1ccc(-c2ccccc2)cc1N(c1c(C)ccc2c1C(C)(C)c1ccccc1-2)C(C)(C)C. The second-order valence-electron chi connectivity index (χ2n) is 22.8. The van der Waals surface area contributed by atoms with Crippen LogP contribution in [0.2, 0.25) is 0 Å². The van der Waals surface area contributed by atoms with E-state index in [1.807, 2.05) is 0 Å². The van der Waals surface area contributed by atoms with Crippen molar-refractivity contribution in [3.8, 4) is 44.5 Å². The molecule has 0 radical (unpaired) electrons. The molecule has 0 fully saturated rings. The second kappa shape index (κ2) is 18.3. The van der Waals surface area contributed by atoms with Gasteiger partial charge in [-0.05, 0) is 169 Å². The van der Waals surface area contributed by atoms with E-state index in [2.05, 4.69) is 277 Å². The standard InChI is InChI=1S/C35H39N.C33H35N/c1-8-24-19-20-27(26-15-11-10-12-16-26)23-31(24)36(34(3,4)5)33-25(9-2)21-22-29-28-17-13-14-18-30(28)35(6,7)32(29)33;1-22-17-19-25(24-13-9-8-10-14-24)21-29(22)34(32(3,4)5)31-23(2)18-20-27-26-15-11-12-16-28(26)33(6,7)30(27)31/h10-23H,8-9H2,1-7H3;8-21H,1-7H3. The molecular formula is C68H74N2. The molecule has 0 amide bonds. The summed E-state index contributed by atoms with van der Waals surface area (Å²) in [7, 11) is 0. The summed E-state index contributed by atoms with van der Waals surface area (Å²) in [6.45, 7) is 32.7. The molecule has 2 aliphatic rings. The number of hydrogen-bond acceptors (Lipinski definition) is 2. The summed E-state index contributed by atoms with van der Waals surface area (Å²) < 4.78 is 0. The summed E-state index contributed by atoms with van der Waals surface area (Å²) in [5, 5.41) is 0. The molecule has 2 aliphatic carbocycles. The minimum Gasteiger partial charge on any atom is -0.335 e. The van der Waals surface area contributed by atoms with Crippen LogP contribution in [0.15, 0.2) is 170 Å². The highest BCUT2D eigenvalue weighted by Gasteiger charge is 2.43. The molecule has 2 nitrogen and oxygen atoms in total. The lowest BCUT2D eigenvalue weighted by molar-refractivity contribution is 0.550. The van der Waals surface area contributed by atoms with Gasteiger partial charge in [-0.15, -0.1) is 0 Å². The Kier molecular flexibility index (Phi) is 12.6. The summed E-state index contributed by atoms with van der Waals surface area (Å²) in [6.07, 6.45) is 2.00. The van der Waals surface area contributed by atoms with E-state index in [-0.39, 0.29) is 21.9 Å². The fourth-order valence-electron chi connectivity index (χ4n) is 11.8. The van der Waals surface area contributed by atoms with E-state index < -0.39 is 0 Å². The summed E-state index contributed by atoms with van der Waals surface area (Å²) in [4.78, 5) is 5.25. The van der Waals surface area contributed by atoms with E-state index >= 15 is 0 Å². The zero-order valence-electron chi connectivity index (χ0n) is 44.5. The van der Waals surface area contributed by atoms with E-state index in [0.29, 0.717) is 0 Å². The molecule has 0 aromatic heterocycles. The largest absolute Gasteiger partial charge is 0.335 e. The topological polar surface area (TPSA) is 6.48 Å². The fraction of sp³-hybridized carbons (Fsp3) is 0.294. The van der Waals surface area contributed by atoms with Crippen LogP contribution in [0, 0.1) is 13.8 Å². The van der Waals surface area contributed by atoms with Gasteiger partial charge in [0.25, 0.3) is 0 Å². The lowest BCUT2D eigenvalue weighted by Crippen LogP contribution is -2.40. The average Bonchev–Trinajstić information content (AvgIpc) is 3.72. The van der Waals surface area contributed by atoms with Crippen molar-refractivity contribution in [2.45, 2.75) is 132 Å². The molecule has 10 rings (SSSR count). The van der Waals surface area contributed by atoms with Crippen molar-refractivity contribution in [1.82, 2.24) is 0 Å². The van der Waals surface area contributed by atoms with Gasteiger partial charge < -0.3 is 9.80 Å². The Morgan fingerprint density at radius 3 is 1.27 bits per heavy atom. The van der Waals surface area contributed by atoms with Gasteiger partial charge in [-0.3, -0.25) is 0 Å². The number of anilines is 4. The maximum atomic E-state index is 2.66. The summed E-state index contributed by atoms with van der Waals surface area (Å²) >= 11 is 0. The lowest BCUT2D eigenvalue weighted by atomic mass is 9.79. The monoisotopic (exact) mass is 919 g/mol. The Labute approximate surface area is 421 Å². The molecule has 0 spiro atoms. The van der Waals surface area contributed by atoms with Gasteiger partial charge in [-0.2, -0.15) is 0 Å². The highest BCUT2D eigenvalue weighted by molar-refractivity contribution is 5.92. The van der Waals surface area contributed by atoms with Crippen LogP contribution >= 0.6 is 0 Å². The van der Waals surface area contributed by atoms with Crippen LogP contribution in [-0.4, -0.2) is 11.1 Å². The first-order valence-electron chi connectivity index (χ1n) is 25.7. The second-order valence-corrected chi connectivity index (χ2v) is 22.8. The number of fused-ring (bicyclic) bond motifs is 6. The van der Waals surface area contributed by atoms with Crippen LogP contribution in [0.4, 0.5) is 22.7 Å².